The Bertz CT molecular complexity index is 2710. The topological polar surface area (TPSA) is 16.4 Å². The molecule has 0 N–H and O–H groups in total. The van der Waals surface area contributed by atoms with Crippen molar-refractivity contribution >= 4 is 28.0 Å². The standard InChI is InChI=1S/C53H39NO/c1-53(2)50-46(20-12-21-48(50)52-51(53)47-19-9-10-22-49(47)55-52)42-18-11-17-41(35-42)40-27-33-45(34-28-40)54(43-29-23-38(24-30-43)36-13-5-3-6-14-36)44-31-25-39(26-32-44)37-15-7-4-8-16-37/h3-35H,1-2H3. The van der Waals surface area contributed by atoms with Crippen molar-refractivity contribution in [2.24, 2.45) is 0 Å². The second-order valence-electron chi connectivity index (χ2n) is 14.9. The molecule has 0 unspecified atom stereocenters. The van der Waals surface area contributed by atoms with Gasteiger partial charge in [0.2, 0.25) is 0 Å². The highest BCUT2D eigenvalue weighted by Crippen LogP contribution is 2.55. The van der Waals surface area contributed by atoms with Gasteiger partial charge in [-0.2, -0.15) is 0 Å². The molecule has 1 heterocycles. The van der Waals surface area contributed by atoms with Crippen LogP contribution in [0.2, 0.25) is 0 Å². The van der Waals surface area contributed by atoms with Crippen LogP contribution in [0.4, 0.5) is 17.1 Å². The predicted octanol–water partition coefficient (Wildman–Crippen LogP) is 14.9. The normalized spacial score (nSPS) is 12.7. The van der Waals surface area contributed by atoms with Crippen LogP contribution in [0, 0.1) is 0 Å². The van der Waals surface area contributed by atoms with Crippen LogP contribution in [0.3, 0.4) is 0 Å². The molecular weight excluding hydrogens is 667 g/mol. The fourth-order valence-electron chi connectivity index (χ4n) is 8.62. The number of nitrogens with zero attached hydrogens (tertiary/aromatic N) is 1. The Morgan fingerprint density at radius 3 is 1.38 bits per heavy atom. The molecule has 0 aliphatic heterocycles. The van der Waals surface area contributed by atoms with Gasteiger partial charge in [-0.3, -0.25) is 0 Å². The molecule has 8 aromatic carbocycles. The van der Waals surface area contributed by atoms with Crippen LogP contribution >= 0.6 is 0 Å². The molecule has 9 aromatic rings. The zero-order valence-corrected chi connectivity index (χ0v) is 30.9. The number of furan rings is 1. The summed E-state index contributed by atoms with van der Waals surface area (Å²) in [5.41, 5.74) is 17.5. The molecular formula is C53H39NO. The Morgan fingerprint density at radius 1 is 0.364 bits per heavy atom. The van der Waals surface area contributed by atoms with Crippen molar-refractivity contribution < 1.29 is 4.42 Å². The van der Waals surface area contributed by atoms with Crippen LogP contribution in [0.5, 0.6) is 0 Å². The maximum Gasteiger partial charge on any atom is 0.139 e. The predicted molar refractivity (Wildman–Crippen MR) is 230 cm³/mol. The summed E-state index contributed by atoms with van der Waals surface area (Å²) < 4.78 is 6.50. The summed E-state index contributed by atoms with van der Waals surface area (Å²) in [6.07, 6.45) is 0. The third-order valence-corrected chi connectivity index (χ3v) is 11.3. The quantitative estimate of drug-likeness (QED) is 0.164. The summed E-state index contributed by atoms with van der Waals surface area (Å²) in [7, 11) is 0. The molecule has 1 aliphatic carbocycles. The second-order valence-corrected chi connectivity index (χ2v) is 14.9. The molecule has 0 bridgehead atoms. The smallest absolute Gasteiger partial charge is 0.139 e. The van der Waals surface area contributed by atoms with Gasteiger partial charge in [-0.1, -0.05) is 166 Å². The molecule has 0 fully saturated rings. The highest BCUT2D eigenvalue weighted by atomic mass is 16.3. The number of benzene rings is 8. The summed E-state index contributed by atoms with van der Waals surface area (Å²) in [5, 5.41) is 1.20. The van der Waals surface area contributed by atoms with E-state index < -0.39 is 0 Å². The zero-order valence-electron chi connectivity index (χ0n) is 30.9. The lowest BCUT2D eigenvalue weighted by Crippen LogP contribution is -2.16. The largest absolute Gasteiger partial charge is 0.456 e. The first-order valence-corrected chi connectivity index (χ1v) is 19.0. The number of hydrogen-bond acceptors (Lipinski definition) is 2. The Hall–Kier alpha value is -6.90. The van der Waals surface area contributed by atoms with E-state index in [-0.39, 0.29) is 5.41 Å². The number of para-hydroxylation sites is 1. The maximum absolute atomic E-state index is 6.50. The van der Waals surface area contributed by atoms with E-state index in [0.29, 0.717) is 0 Å². The average molecular weight is 706 g/mol. The molecule has 1 aromatic heterocycles. The Kier molecular flexibility index (Phi) is 7.85. The molecule has 2 nitrogen and oxygen atoms in total. The SMILES string of the molecule is CC1(C)c2c(-c3cccc(-c4ccc(N(c5ccc(-c6ccccc6)cc5)c5ccc(-c6ccccc6)cc5)cc4)c3)cccc2-c2oc3ccccc3c21. The first kappa shape index (κ1) is 32.7. The van der Waals surface area contributed by atoms with Crippen LogP contribution in [0.25, 0.3) is 66.8 Å². The molecule has 1 aliphatic rings. The molecule has 0 atom stereocenters. The third kappa shape index (κ3) is 5.66. The first-order chi connectivity index (χ1) is 27.0. The van der Waals surface area contributed by atoms with Crippen LogP contribution in [-0.2, 0) is 5.41 Å². The molecule has 10 rings (SSSR count). The van der Waals surface area contributed by atoms with E-state index in [9.17, 15) is 0 Å². The average Bonchev–Trinajstić information content (AvgIpc) is 3.75. The van der Waals surface area contributed by atoms with E-state index in [4.69, 9.17) is 4.42 Å². The minimum absolute atomic E-state index is 0.201. The minimum atomic E-state index is -0.201. The molecule has 0 amide bonds. The zero-order chi connectivity index (χ0) is 36.9. The van der Waals surface area contributed by atoms with Crippen molar-refractivity contribution in [1.29, 1.82) is 0 Å². The molecule has 0 saturated heterocycles. The number of rotatable bonds is 7. The highest BCUT2D eigenvalue weighted by Gasteiger charge is 2.41. The second kappa shape index (κ2) is 13.2. The van der Waals surface area contributed by atoms with Crippen molar-refractivity contribution in [3.05, 3.63) is 211 Å². The molecule has 0 saturated carbocycles. The van der Waals surface area contributed by atoms with Gasteiger partial charge in [0.15, 0.2) is 0 Å². The molecule has 262 valence electrons. The minimum Gasteiger partial charge on any atom is -0.456 e. The van der Waals surface area contributed by atoms with Gasteiger partial charge in [0.25, 0.3) is 0 Å². The van der Waals surface area contributed by atoms with Crippen LogP contribution in [0.15, 0.2) is 205 Å². The van der Waals surface area contributed by atoms with Crippen molar-refractivity contribution in [2.75, 3.05) is 4.90 Å². The lowest BCUT2D eigenvalue weighted by Gasteiger charge is -2.26. The number of anilines is 3. The summed E-state index contributed by atoms with van der Waals surface area (Å²) >= 11 is 0. The molecule has 0 spiro atoms. The maximum atomic E-state index is 6.50. The Labute approximate surface area is 322 Å². The van der Waals surface area contributed by atoms with Crippen molar-refractivity contribution in [1.82, 2.24) is 0 Å². The molecule has 55 heavy (non-hydrogen) atoms. The summed E-state index contributed by atoms with van der Waals surface area (Å²) in [6.45, 7) is 4.67. The van der Waals surface area contributed by atoms with Crippen molar-refractivity contribution in [3.8, 4) is 55.8 Å². The van der Waals surface area contributed by atoms with Crippen molar-refractivity contribution in [3.63, 3.8) is 0 Å². The highest BCUT2D eigenvalue weighted by molar-refractivity contribution is 5.97. The van der Waals surface area contributed by atoms with Gasteiger partial charge in [-0.05, 0) is 98.6 Å². The first-order valence-electron chi connectivity index (χ1n) is 19.0. The lowest BCUT2D eigenvalue weighted by atomic mass is 9.78. The van der Waals surface area contributed by atoms with E-state index in [1.807, 2.05) is 6.07 Å². The number of hydrogen-bond donors (Lipinski definition) is 0. The van der Waals surface area contributed by atoms with Crippen LogP contribution in [-0.4, -0.2) is 0 Å². The van der Waals surface area contributed by atoms with Gasteiger partial charge >= 0.3 is 0 Å². The van der Waals surface area contributed by atoms with Gasteiger partial charge in [-0.15, -0.1) is 0 Å². The van der Waals surface area contributed by atoms with Gasteiger partial charge < -0.3 is 9.32 Å². The summed E-state index contributed by atoms with van der Waals surface area (Å²) in [5.74, 6) is 1.00. The monoisotopic (exact) mass is 705 g/mol. The molecule has 0 radical (unpaired) electrons. The van der Waals surface area contributed by atoms with Gasteiger partial charge in [0, 0.05) is 39.0 Å². The van der Waals surface area contributed by atoms with Crippen LogP contribution < -0.4 is 4.90 Å². The van der Waals surface area contributed by atoms with E-state index in [1.54, 1.807) is 0 Å². The van der Waals surface area contributed by atoms with Crippen molar-refractivity contribution in [2.45, 2.75) is 19.3 Å². The van der Waals surface area contributed by atoms with E-state index in [1.165, 1.54) is 66.6 Å². The van der Waals surface area contributed by atoms with E-state index >= 15 is 0 Å². The Morgan fingerprint density at radius 2 is 0.800 bits per heavy atom. The third-order valence-electron chi connectivity index (χ3n) is 11.3. The lowest BCUT2D eigenvalue weighted by molar-refractivity contribution is 0.619. The van der Waals surface area contributed by atoms with E-state index in [2.05, 4.69) is 213 Å². The van der Waals surface area contributed by atoms with Gasteiger partial charge in [0.1, 0.15) is 11.3 Å². The summed E-state index contributed by atoms with van der Waals surface area (Å²) in [6, 6.07) is 71.9. The van der Waals surface area contributed by atoms with E-state index in [0.717, 1.165) is 28.4 Å². The number of fused-ring (bicyclic) bond motifs is 5. The fourth-order valence-corrected chi connectivity index (χ4v) is 8.62. The summed E-state index contributed by atoms with van der Waals surface area (Å²) in [4.78, 5) is 2.34. The van der Waals surface area contributed by atoms with Gasteiger partial charge in [-0.25, -0.2) is 0 Å². The molecule has 2 heteroatoms. The van der Waals surface area contributed by atoms with Crippen LogP contribution in [0.1, 0.15) is 25.0 Å². The Balaban J connectivity index is 1.00. The fraction of sp³-hybridized carbons (Fsp3) is 0.0566. The van der Waals surface area contributed by atoms with Gasteiger partial charge in [0.05, 0.1) is 0 Å².